The fourth-order valence-corrected chi connectivity index (χ4v) is 2.83. The quantitative estimate of drug-likeness (QED) is 0.636. The van der Waals surface area contributed by atoms with Crippen LogP contribution in [0.2, 0.25) is 0 Å². The van der Waals surface area contributed by atoms with Gasteiger partial charge in [-0.25, -0.2) is 0 Å². The molecule has 0 saturated carbocycles. The topological polar surface area (TPSA) is 91.8 Å². The minimum Gasteiger partial charge on any atom is -0.361 e. The van der Waals surface area contributed by atoms with Crippen LogP contribution >= 0.6 is 0 Å². The number of benzene rings is 1. The minimum absolute atomic E-state index is 0.223. The van der Waals surface area contributed by atoms with Gasteiger partial charge in [0.15, 0.2) is 0 Å². The molecule has 0 aliphatic rings. The van der Waals surface area contributed by atoms with Gasteiger partial charge < -0.3 is 15.6 Å². The molecule has 7 heteroatoms. The number of aryl methyl sites for hydroxylation is 2. The third-order valence-electron chi connectivity index (χ3n) is 3.98. The lowest BCUT2D eigenvalue weighted by atomic mass is 10.2. The van der Waals surface area contributed by atoms with Gasteiger partial charge in [0.1, 0.15) is 0 Å². The van der Waals surface area contributed by atoms with Crippen LogP contribution in [0.25, 0.3) is 10.9 Å². The number of hydrogen-bond acceptors (Lipinski definition) is 3. The average Bonchev–Trinajstić information content (AvgIpc) is 3.14. The molecule has 130 valence electrons. The van der Waals surface area contributed by atoms with Crippen LogP contribution in [0.4, 0.5) is 5.69 Å². The molecule has 0 radical (unpaired) electrons. The standard InChI is InChI=1S/C18H21N5O2/c1-11-9-13(3)23(22-11)10-12(2)20-17(24)18(25)21-16-6-4-5-15-14(16)7-8-19-15/h4-9,12,19H,10H2,1-3H3,(H,20,24)(H,21,25)/t12-/m0/s1. The highest BCUT2D eigenvalue weighted by atomic mass is 16.2. The second-order valence-corrected chi connectivity index (χ2v) is 6.18. The first-order valence-corrected chi connectivity index (χ1v) is 8.13. The summed E-state index contributed by atoms with van der Waals surface area (Å²) in [6.07, 6.45) is 1.79. The van der Waals surface area contributed by atoms with Crippen LogP contribution in [0.5, 0.6) is 0 Å². The average molecular weight is 339 g/mol. The number of fused-ring (bicyclic) bond motifs is 1. The number of nitrogens with one attached hydrogen (secondary N) is 3. The van der Waals surface area contributed by atoms with Crippen molar-refractivity contribution in [2.75, 3.05) is 5.32 Å². The molecule has 0 aliphatic heterocycles. The fourth-order valence-electron chi connectivity index (χ4n) is 2.83. The molecule has 0 unspecified atom stereocenters. The lowest BCUT2D eigenvalue weighted by Gasteiger charge is -2.15. The van der Waals surface area contributed by atoms with Gasteiger partial charge in [-0.3, -0.25) is 14.3 Å². The van der Waals surface area contributed by atoms with Gasteiger partial charge in [-0.2, -0.15) is 5.10 Å². The summed E-state index contributed by atoms with van der Waals surface area (Å²) in [7, 11) is 0. The zero-order chi connectivity index (χ0) is 18.0. The Balaban J connectivity index is 1.61. The molecule has 2 amide bonds. The first-order chi connectivity index (χ1) is 11.9. The molecule has 0 spiro atoms. The summed E-state index contributed by atoms with van der Waals surface area (Å²) in [4.78, 5) is 27.4. The Kier molecular flexibility index (Phi) is 4.56. The first kappa shape index (κ1) is 16.8. The molecule has 3 rings (SSSR count). The largest absolute Gasteiger partial charge is 0.361 e. The Morgan fingerprint density at radius 2 is 2.04 bits per heavy atom. The SMILES string of the molecule is Cc1cc(C)n(C[C@H](C)NC(=O)C(=O)Nc2cccc3[nH]ccc23)n1. The number of rotatable bonds is 4. The number of hydrogen-bond donors (Lipinski definition) is 3. The molecule has 1 aromatic carbocycles. The summed E-state index contributed by atoms with van der Waals surface area (Å²) >= 11 is 0. The maximum atomic E-state index is 12.2. The van der Waals surface area contributed by atoms with Crippen molar-refractivity contribution in [1.82, 2.24) is 20.1 Å². The number of aromatic amines is 1. The van der Waals surface area contributed by atoms with Crippen LogP contribution in [-0.2, 0) is 16.1 Å². The number of H-pyrrole nitrogens is 1. The molecule has 3 N–H and O–H groups in total. The van der Waals surface area contributed by atoms with E-state index in [4.69, 9.17) is 0 Å². The van der Waals surface area contributed by atoms with Crippen molar-refractivity contribution < 1.29 is 9.59 Å². The van der Waals surface area contributed by atoms with Crippen LogP contribution in [0, 0.1) is 13.8 Å². The molecule has 0 bridgehead atoms. The third-order valence-corrected chi connectivity index (χ3v) is 3.98. The molecule has 3 aromatic rings. The Labute approximate surface area is 145 Å². The maximum Gasteiger partial charge on any atom is 0.313 e. The number of carbonyl (C=O) groups excluding carboxylic acids is 2. The van der Waals surface area contributed by atoms with Gasteiger partial charge in [-0.15, -0.1) is 0 Å². The van der Waals surface area contributed by atoms with Gasteiger partial charge in [0.2, 0.25) is 0 Å². The second kappa shape index (κ2) is 6.80. The van der Waals surface area contributed by atoms with E-state index in [1.165, 1.54) is 0 Å². The Morgan fingerprint density at radius 1 is 1.24 bits per heavy atom. The molecule has 2 heterocycles. The van der Waals surface area contributed by atoms with E-state index in [1.54, 1.807) is 12.3 Å². The van der Waals surface area contributed by atoms with E-state index in [1.807, 2.05) is 49.7 Å². The lowest BCUT2D eigenvalue weighted by Crippen LogP contribution is -2.42. The van der Waals surface area contributed by atoms with E-state index in [0.29, 0.717) is 12.2 Å². The lowest BCUT2D eigenvalue weighted by molar-refractivity contribution is -0.136. The Hall–Kier alpha value is -3.09. The summed E-state index contributed by atoms with van der Waals surface area (Å²) in [5.41, 5.74) is 3.44. The van der Waals surface area contributed by atoms with Crippen LogP contribution < -0.4 is 10.6 Å². The summed E-state index contributed by atoms with van der Waals surface area (Å²) in [5.74, 6) is -1.35. The Morgan fingerprint density at radius 3 is 2.76 bits per heavy atom. The fraction of sp³-hybridized carbons (Fsp3) is 0.278. The molecular weight excluding hydrogens is 318 g/mol. The van der Waals surface area contributed by atoms with Gasteiger partial charge in [0.05, 0.1) is 17.9 Å². The van der Waals surface area contributed by atoms with Crippen molar-refractivity contribution in [3.63, 3.8) is 0 Å². The van der Waals surface area contributed by atoms with Gasteiger partial charge in [0, 0.05) is 28.8 Å². The van der Waals surface area contributed by atoms with Crippen molar-refractivity contribution in [2.24, 2.45) is 0 Å². The predicted molar refractivity (Wildman–Crippen MR) is 96.2 cm³/mol. The monoisotopic (exact) mass is 339 g/mol. The van der Waals surface area contributed by atoms with Crippen molar-refractivity contribution in [3.8, 4) is 0 Å². The summed E-state index contributed by atoms with van der Waals surface area (Å²) in [6, 6.07) is 9.09. The van der Waals surface area contributed by atoms with Gasteiger partial charge in [-0.1, -0.05) is 6.07 Å². The zero-order valence-electron chi connectivity index (χ0n) is 14.5. The molecule has 2 aromatic heterocycles. The van der Waals surface area contributed by atoms with Gasteiger partial charge in [-0.05, 0) is 45.0 Å². The number of nitrogens with zero attached hydrogens (tertiary/aromatic N) is 2. The maximum absolute atomic E-state index is 12.2. The van der Waals surface area contributed by atoms with Crippen molar-refractivity contribution >= 4 is 28.4 Å². The normalized spacial score (nSPS) is 12.1. The molecule has 7 nitrogen and oxygen atoms in total. The number of carbonyl (C=O) groups is 2. The third kappa shape index (κ3) is 3.71. The predicted octanol–water partition coefficient (Wildman–Crippen LogP) is 2.12. The molecular formula is C18H21N5O2. The van der Waals surface area contributed by atoms with E-state index >= 15 is 0 Å². The summed E-state index contributed by atoms with van der Waals surface area (Å²) in [6.45, 7) is 6.22. The van der Waals surface area contributed by atoms with E-state index in [0.717, 1.165) is 22.3 Å². The molecule has 1 atom stereocenters. The van der Waals surface area contributed by atoms with Crippen LogP contribution in [0.1, 0.15) is 18.3 Å². The highest BCUT2D eigenvalue weighted by Gasteiger charge is 2.18. The Bertz CT molecular complexity index is 925. The van der Waals surface area contributed by atoms with Crippen molar-refractivity contribution in [3.05, 3.63) is 47.9 Å². The van der Waals surface area contributed by atoms with E-state index < -0.39 is 11.8 Å². The van der Waals surface area contributed by atoms with Crippen LogP contribution in [0.3, 0.4) is 0 Å². The first-order valence-electron chi connectivity index (χ1n) is 8.13. The highest BCUT2D eigenvalue weighted by Crippen LogP contribution is 2.21. The summed E-state index contributed by atoms with van der Waals surface area (Å²) < 4.78 is 1.82. The number of anilines is 1. The zero-order valence-corrected chi connectivity index (χ0v) is 14.5. The van der Waals surface area contributed by atoms with E-state index in [2.05, 4.69) is 20.7 Å². The van der Waals surface area contributed by atoms with Gasteiger partial charge >= 0.3 is 11.8 Å². The molecule has 25 heavy (non-hydrogen) atoms. The van der Waals surface area contributed by atoms with Crippen molar-refractivity contribution in [1.29, 1.82) is 0 Å². The molecule has 0 aliphatic carbocycles. The summed E-state index contributed by atoms with van der Waals surface area (Å²) in [5, 5.41) is 10.6. The number of aromatic nitrogens is 3. The number of amides is 2. The smallest absolute Gasteiger partial charge is 0.313 e. The molecule has 0 fully saturated rings. The van der Waals surface area contributed by atoms with E-state index in [-0.39, 0.29) is 6.04 Å². The second-order valence-electron chi connectivity index (χ2n) is 6.18. The van der Waals surface area contributed by atoms with Crippen LogP contribution in [-0.4, -0.2) is 32.6 Å². The van der Waals surface area contributed by atoms with Crippen LogP contribution in [0.15, 0.2) is 36.5 Å². The van der Waals surface area contributed by atoms with Gasteiger partial charge in [0.25, 0.3) is 0 Å². The molecule has 0 saturated heterocycles. The van der Waals surface area contributed by atoms with E-state index in [9.17, 15) is 9.59 Å². The van der Waals surface area contributed by atoms with Crippen molar-refractivity contribution in [2.45, 2.75) is 33.4 Å². The minimum atomic E-state index is -0.686. The highest BCUT2D eigenvalue weighted by molar-refractivity contribution is 6.40.